The highest BCUT2D eigenvalue weighted by atomic mass is 16.5. The monoisotopic (exact) mass is 199 g/mol. The molecule has 1 aromatic heterocycles. The third kappa shape index (κ3) is 1.63. The van der Waals surface area contributed by atoms with Gasteiger partial charge in [-0.05, 0) is 0 Å². The van der Waals surface area contributed by atoms with Crippen LogP contribution in [0.3, 0.4) is 0 Å². The molecule has 2 atom stereocenters. The van der Waals surface area contributed by atoms with Crippen LogP contribution in [-0.2, 0) is 16.1 Å². The molecule has 0 bridgehead atoms. The number of aliphatic hydroxyl groups excluding tert-OH is 1. The van der Waals surface area contributed by atoms with E-state index >= 15 is 0 Å². The van der Waals surface area contributed by atoms with E-state index in [9.17, 15) is 0 Å². The summed E-state index contributed by atoms with van der Waals surface area (Å²) in [5.41, 5.74) is 0.562. The SMILES string of the molecule is COC1COCC1n1cc(CO)nn1. The molecule has 1 fully saturated rings. The molecule has 1 N–H and O–H groups in total. The first-order valence-corrected chi connectivity index (χ1v) is 4.47. The molecule has 78 valence electrons. The fourth-order valence-corrected chi connectivity index (χ4v) is 1.54. The Kier molecular flexibility index (Phi) is 2.76. The van der Waals surface area contributed by atoms with E-state index in [0.29, 0.717) is 18.9 Å². The maximum Gasteiger partial charge on any atom is 0.108 e. The summed E-state index contributed by atoms with van der Waals surface area (Å²) in [5, 5.41) is 16.6. The van der Waals surface area contributed by atoms with Crippen molar-refractivity contribution in [1.82, 2.24) is 15.0 Å². The summed E-state index contributed by atoms with van der Waals surface area (Å²) in [7, 11) is 1.65. The van der Waals surface area contributed by atoms with Gasteiger partial charge in [-0.3, -0.25) is 0 Å². The van der Waals surface area contributed by atoms with E-state index in [1.165, 1.54) is 0 Å². The Morgan fingerprint density at radius 1 is 1.71 bits per heavy atom. The summed E-state index contributed by atoms with van der Waals surface area (Å²) in [5.74, 6) is 0. The van der Waals surface area contributed by atoms with Crippen LogP contribution >= 0.6 is 0 Å². The van der Waals surface area contributed by atoms with Crippen molar-refractivity contribution < 1.29 is 14.6 Å². The van der Waals surface area contributed by atoms with Gasteiger partial charge in [-0.2, -0.15) is 0 Å². The summed E-state index contributed by atoms with van der Waals surface area (Å²) in [6.45, 7) is 1.06. The van der Waals surface area contributed by atoms with Crippen molar-refractivity contribution in [3.63, 3.8) is 0 Å². The van der Waals surface area contributed by atoms with Gasteiger partial charge >= 0.3 is 0 Å². The van der Waals surface area contributed by atoms with E-state index in [4.69, 9.17) is 14.6 Å². The molecule has 0 spiro atoms. The molecule has 1 saturated heterocycles. The van der Waals surface area contributed by atoms with Gasteiger partial charge in [-0.15, -0.1) is 5.10 Å². The van der Waals surface area contributed by atoms with Crippen LogP contribution in [0.1, 0.15) is 11.7 Å². The van der Waals surface area contributed by atoms with E-state index in [2.05, 4.69) is 10.3 Å². The zero-order valence-electron chi connectivity index (χ0n) is 7.96. The van der Waals surface area contributed by atoms with Gasteiger partial charge in [0, 0.05) is 7.11 Å². The molecule has 2 heterocycles. The average molecular weight is 199 g/mol. The zero-order chi connectivity index (χ0) is 9.97. The van der Waals surface area contributed by atoms with Gasteiger partial charge in [0.25, 0.3) is 0 Å². The van der Waals surface area contributed by atoms with Crippen molar-refractivity contribution in [2.75, 3.05) is 20.3 Å². The highest BCUT2D eigenvalue weighted by Gasteiger charge is 2.30. The van der Waals surface area contributed by atoms with Crippen molar-refractivity contribution in [3.8, 4) is 0 Å². The van der Waals surface area contributed by atoms with Crippen molar-refractivity contribution in [2.24, 2.45) is 0 Å². The summed E-state index contributed by atoms with van der Waals surface area (Å²) >= 11 is 0. The highest BCUT2D eigenvalue weighted by molar-refractivity contribution is 4.93. The quantitative estimate of drug-likeness (QED) is 0.701. The predicted octanol–water partition coefficient (Wildman–Crippen LogP) is -0.643. The molecule has 2 unspecified atom stereocenters. The second kappa shape index (κ2) is 4.04. The number of aromatic nitrogens is 3. The van der Waals surface area contributed by atoms with Crippen molar-refractivity contribution >= 4 is 0 Å². The number of ether oxygens (including phenoxy) is 2. The second-order valence-corrected chi connectivity index (χ2v) is 3.23. The van der Waals surface area contributed by atoms with Crippen LogP contribution < -0.4 is 0 Å². The first kappa shape index (κ1) is 9.57. The Morgan fingerprint density at radius 2 is 2.57 bits per heavy atom. The van der Waals surface area contributed by atoms with Crippen LogP contribution in [0.15, 0.2) is 6.20 Å². The smallest absolute Gasteiger partial charge is 0.108 e. The molecule has 0 radical (unpaired) electrons. The Bertz CT molecular complexity index is 302. The Hall–Kier alpha value is -0.980. The normalized spacial score (nSPS) is 27.0. The molecule has 6 nitrogen and oxygen atoms in total. The van der Waals surface area contributed by atoms with Gasteiger partial charge in [-0.1, -0.05) is 5.21 Å². The van der Waals surface area contributed by atoms with Crippen LogP contribution in [0, 0.1) is 0 Å². The lowest BCUT2D eigenvalue weighted by Crippen LogP contribution is -2.24. The van der Waals surface area contributed by atoms with Crippen LogP contribution in [0.5, 0.6) is 0 Å². The third-order valence-corrected chi connectivity index (χ3v) is 2.36. The van der Waals surface area contributed by atoms with Gasteiger partial charge < -0.3 is 14.6 Å². The minimum atomic E-state index is -0.0920. The lowest BCUT2D eigenvalue weighted by atomic mass is 10.2. The summed E-state index contributed by atoms with van der Waals surface area (Å²) in [4.78, 5) is 0. The number of hydrogen-bond acceptors (Lipinski definition) is 5. The topological polar surface area (TPSA) is 69.4 Å². The molecule has 6 heteroatoms. The fraction of sp³-hybridized carbons (Fsp3) is 0.750. The maximum atomic E-state index is 8.84. The van der Waals surface area contributed by atoms with Crippen LogP contribution in [0.4, 0.5) is 0 Å². The van der Waals surface area contributed by atoms with Crippen molar-refractivity contribution in [1.29, 1.82) is 0 Å². The molecule has 1 aliphatic rings. The van der Waals surface area contributed by atoms with E-state index in [0.717, 1.165) is 0 Å². The number of rotatable bonds is 3. The Morgan fingerprint density at radius 3 is 3.21 bits per heavy atom. The van der Waals surface area contributed by atoms with Gasteiger partial charge in [0.05, 0.1) is 26.0 Å². The predicted molar refractivity (Wildman–Crippen MR) is 46.6 cm³/mol. The number of nitrogens with zero attached hydrogens (tertiary/aromatic N) is 3. The van der Waals surface area contributed by atoms with E-state index in [1.54, 1.807) is 18.0 Å². The average Bonchev–Trinajstić information content (AvgIpc) is 2.85. The largest absolute Gasteiger partial charge is 0.390 e. The van der Waals surface area contributed by atoms with Crippen molar-refractivity contribution in [3.05, 3.63) is 11.9 Å². The standard InChI is InChI=1S/C8H13N3O3/c1-13-8-5-14-4-7(8)11-2-6(3-12)9-10-11/h2,7-8,12H,3-5H2,1H3. The molecule has 1 aliphatic heterocycles. The lowest BCUT2D eigenvalue weighted by Gasteiger charge is -2.15. The van der Waals surface area contributed by atoms with Gasteiger partial charge in [0.2, 0.25) is 0 Å². The lowest BCUT2D eigenvalue weighted by molar-refractivity contribution is 0.0661. The maximum absolute atomic E-state index is 8.84. The zero-order valence-corrected chi connectivity index (χ0v) is 7.96. The molecule has 0 saturated carbocycles. The van der Waals surface area contributed by atoms with E-state index < -0.39 is 0 Å². The molecular weight excluding hydrogens is 186 g/mol. The summed E-state index contributed by atoms with van der Waals surface area (Å²) in [6.07, 6.45) is 1.73. The number of aliphatic hydroxyl groups is 1. The second-order valence-electron chi connectivity index (χ2n) is 3.23. The first-order chi connectivity index (χ1) is 6.85. The highest BCUT2D eigenvalue weighted by Crippen LogP contribution is 2.20. The van der Waals surface area contributed by atoms with E-state index in [-0.39, 0.29) is 18.8 Å². The number of hydrogen-bond donors (Lipinski definition) is 1. The number of methoxy groups -OCH3 is 1. The van der Waals surface area contributed by atoms with Crippen LogP contribution in [0.2, 0.25) is 0 Å². The summed E-state index contributed by atoms with van der Waals surface area (Å²) < 4.78 is 12.2. The summed E-state index contributed by atoms with van der Waals surface area (Å²) in [6, 6.07) is 0.0628. The van der Waals surface area contributed by atoms with Crippen LogP contribution in [0.25, 0.3) is 0 Å². The van der Waals surface area contributed by atoms with Crippen molar-refractivity contribution in [2.45, 2.75) is 18.8 Å². The molecule has 14 heavy (non-hydrogen) atoms. The molecular formula is C8H13N3O3. The Balaban J connectivity index is 2.13. The van der Waals surface area contributed by atoms with Gasteiger partial charge in [0.15, 0.2) is 0 Å². The molecule has 0 aliphatic carbocycles. The first-order valence-electron chi connectivity index (χ1n) is 4.47. The van der Waals surface area contributed by atoms with E-state index in [1.807, 2.05) is 0 Å². The molecule has 0 aromatic carbocycles. The van der Waals surface area contributed by atoms with Gasteiger partial charge in [-0.25, -0.2) is 4.68 Å². The van der Waals surface area contributed by atoms with Gasteiger partial charge in [0.1, 0.15) is 17.8 Å². The minimum absolute atomic E-state index is 0.0169. The molecule has 0 amide bonds. The molecule has 2 rings (SSSR count). The molecule has 1 aromatic rings. The third-order valence-electron chi connectivity index (χ3n) is 2.36. The minimum Gasteiger partial charge on any atom is -0.390 e. The van der Waals surface area contributed by atoms with Crippen LogP contribution in [-0.4, -0.2) is 46.5 Å². The Labute approximate surface area is 81.4 Å². The fourth-order valence-electron chi connectivity index (χ4n) is 1.54.